The molecule has 4 rings (SSSR count). The van der Waals surface area contributed by atoms with E-state index in [9.17, 15) is 5.11 Å². The Morgan fingerprint density at radius 1 is 1.24 bits per heavy atom. The van der Waals surface area contributed by atoms with Crippen molar-refractivity contribution in [3.63, 3.8) is 0 Å². The molecule has 0 radical (unpaired) electrons. The molecule has 2 aromatic heterocycles. The van der Waals surface area contributed by atoms with E-state index in [0.29, 0.717) is 25.4 Å². The van der Waals surface area contributed by atoms with Crippen molar-refractivity contribution in [2.45, 2.75) is 31.5 Å². The van der Waals surface area contributed by atoms with Crippen LogP contribution < -0.4 is 15.5 Å². The fourth-order valence-electron chi connectivity index (χ4n) is 3.63. The summed E-state index contributed by atoms with van der Waals surface area (Å²) in [6, 6.07) is 11.9. The van der Waals surface area contributed by atoms with Gasteiger partial charge >= 0.3 is 0 Å². The molecule has 1 aromatic carbocycles. The first-order chi connectivity index (χ1) is 14.1. The molecule has 0 saturated carbocycles. The summed E-state index contributed by atoms with van der Waals surface area (Å²) in [6.07, 6.45) is 3.60. The van der Waals surface area contributed by atoms with Crippen LogP contribution in [0.25, 0.3) is 11.3 Å². The lowest BCUT2D eigenvalue weighted by Crippen LogP contribution is -2.39. The highest BCUT2D eigenvalue weighted by molar-refractivity contribution is 5.55. The number of anilines is 2. The van der Waals surface area contributed by atoms with Gasteiger partial charge in [-0.15, -0.1) is 0 Å². The third-order valence-corrected chi connectivity index (χ3v) is 5.21. The zero-order valence-corrected chi connectivity index (χ0v) is 16.6. The van der Waals surface area contributed by atoms with Gasteiger partial charge in [-0.2, -0.15) is 0 Å². The fourth-order valence-corrected chi connectivity index (χ4v) is 3.63. The monoisotopic (exact) mass is 394 g/mol. The first-order valence-electron chi connectivity index (χ1n) is 9.83. The quantitative estimate of drug-likeness (QED) is 0.562. The first-order valence-corrected chi connectivity index (χ1v) is 9.83. The summed E-state index contributed by atoms with van der Waals surface area (Å²) in [7, 11) is 1.83. The number of benzene rings is 1. The van der Waals surface area contributed by atoms with Crippen LogP contribution in [0, 0.1) is 0 Å². The van der Waals surface area contributed by atoms with E-state index in [1.807, 2.05) is 50.4 Å². The average molecular weight is 394 g/mol. The van der Waals surface area contributed by atoms with Gasteiger partial charge in [0.2, 0.25) is 5.89 Å². The van der Waals surface area contributed by atoms with Gasteiger partial charge in [0.05, 0.1) is 18.3 Å². The lowest BCUT2D eigenvalue weighted by Gasteiger charge is -2.26. The molecule has 1 aliphatic rings. The number of nitrogens with one attached hydrogen (secondary N) is 2. The smallest absolute Gasteiger partial charge is 0.211 e. The van der Waals surface area contributed by atoms with Crippen molar-refractivity contribution in [1.29, 1.82) is 0 Å². The largest absolute Gasteiger partial charge is 0.439 e. The number of aromatic nitrogens is 3. The summed E-state index contributed by atoms with van der Waals surface area (Å²) in [5.74, 6) is 2.97. The number of oxazole rings is 1. The van der Waals surface area contributed by atoms with Crippen molar-refractivity contribution >= 4 is 11.6 Å². The van der Waals surface area contributed by atoms with E-state index >= 15 is 0 Å². The van der Waals surface area contributed by atoms with Crippen molar-refractivity contribution in [2.75, 3.05) is 30.4 Å². The maximum absolute atomic E-state index is 10.2. The molecule has 1 saturated heterocycles. The van der Waals surface area contributed by atoms with E-state index in [-0.39, 0.29) is 18.2 Å². The van der Waals surface area contributed by atoms with Crippen molar-refractivity contribution in [1.82, 2.24) is 20.3 Å². The van der Waals surface area contributed by atoms with Gasteiger partial charge in [0, 0.05) is 37.8 Å². The summed E-state index contributed by atoms with van der Waals surface area (Å²) in [5.41, 5.74) is 1.01. The number of hydrogen-bond acceptors (Lipinski definition) is 8. The lowest BCUT2D eigenvalue weighted by molar-refractivity contribution is 0.193. The number of aliphatic hydroxyl groups is 1. The van der Waals surface area contributed by atoms with Gasteiger partial charge in [-0.3, -0.25) is 0 Å². The van der Waals surface area contributed by atoms with E-state index in [2.05, 4.69) is 30.5 Å². The molecular formula is C21H26N6O2. The second kappa shape index (κ2) is 8.59. The fraction of sp³-hybridized carbons (Fsp3) is 0.381. The predicted octanol–water partition coefficient (Wildman–Crippen LogP) is 2.46. The molecule has 0 spiro atoms. The van der Waals surface area contributed by atoms with Crippen LogP contribution in [-0.4, -0.2) is 52.3 Å². The third kappa shape index (κ3) is 4.38. The molecule has 3 N–H and O–H groups in total. The molecule has 29 heavy (non-hydrogen) atoms. The Kier molecular flexibility index (Phi) is 5.73. The second-order valence-corrected chi connectivity index (χ2v) is 7.27. The number of aliphatic hydroxyl groups excluding tert-OH is 1. The summed E-state index contributed by atoms with van der Waals surface area (Å²) in [6.45, 7) is 3.26. The van der Waals surface area contributed by atoms with Crippen molar-refractivity contribution in [2.24, 2.45) is 0 Å². The highest BCUT2D eigenvalue weighted by Crippen LogP contribution is 2.26. The topological polar surface area (TPSA) is 99.3 Å². The third-order valence-electron chi connectivity index (χ3n) is 5.21. The second-order valence-electron chi connectivity index (χ2n) is 7.27. The molecule has 0 amide bonds. The Hall–Kier alpha value is -2.97. The van der Waals surface area contributed by atoms with Gasteiger partial charge in [-0.05, 0) is 13.3 Å². The molecule has 3 heterocycles. The SMILES string of the molecule is CNc1cc(N2C[C@H](O)C[C@@H]2CNC(C)c2ncc(-c3ccccc3)o2)ncn1. The van der Waals surface area contributed by atoms with Gasteiger partial charge in [0.25, 0.3) is 0 Å². The highest BCUT2D eigenvalue weighted by Gasteiger charge is 2.32. The summed E-state index contributed by atoms with van der Waals surface area (Å²) < 4.78 is 5.94. The van der Waals surface area contributed by atoms with Gasteiger partial charge in [-0.25, -0.2) is 15.0 Å². The summed E-state index contributed by atoms with van der Waals surface area (Å²) >= 11 is 0. The zero-order chi connectivity index (χ0) is 20.2. The highest BCUT2D eigenvalue weighted by atomic mass is 16.4. The first kappa shape index (κ1) is 19.4. The Morgan fingerprint density at radius 3 is 2.86 bits per heavy atom. The molecule has 3 aromatic rings. The van der Waals surface area contributed by atoms with E-state index in [4.69, 9.17) is 4.42 Å². The van der Waals surface area contributed by atoms with Crippen LogP contribution in [0.2, 0.25) is 0 Å². The van der Waals surface area contributed by atoms with Crippen LogP contribution in [0.4, 0.5) is 11.6 Å². The van der Waals surface area contributed by atoms with Crippen LogP contribution in [0.1, 0.15) is 25.3 Å². The summed E-state index contributed by atoms with van der Waals surface area (Å²) in [5, 5.41) is 16.7. The molecule has 8 nitrogen and oxygen atoms in total. The Balaban J connectivity index is 1.41. The van der Waals surface area contributed by atoms with Gasteiger partial charge in [0.15, 0.2) is 5.76 Å². The molecule has 3 atom stereocenters. The lowest BCUT2D eigenvalue weighted by atomic mass is 10.2. The van der Waals surface area contributed by atoms with Crippen LogP contribution in [0.3, 0.4) is 0 Å². The van der Waals surface area contributed by atoms with Crippen molar-refractivity contribution < 1.29 is 9.52 Å². The number of β-amino-alcohol motifs (C(OH)–C–C–N with tert-alkyl or cyclic N) is 1. The van der Waals surface area contributed by atoms with E-state index < -0.39 is 0 Å². The van der Waals surface area contributed by atoms with E-state index in [1.165, 1.54) is 6.33 Å². The average Bonchev–Trinajstić information content (AvgIpc) is 3.40. The van der Waals surface area contributed by atoms with E-state index in [0.717, 1.165) is 23.0 Å². The Labute approximate surface area is 170 Å². The number of nitrogens with zero attached hydrogens (tertiary/aromatic N) is 4. The Bertz CT molecular complexity index is 932. The molecular weight excluding hydrogens is 368 g/mol. The minimum Gasteiger partial charge on any atom is -0.439 e. The van der Waals surface area contributed by atoms with Crippen molar-refractivity contribution in [3.05, 3.63) is 54.8 Å². The predicted molar refractivity (Wildman–Crippen MR) is 112 cm³/mol. The van der Waals surface area contributed by atoms with Gasteiger partial charge in [0.1, 0.15) is 18.0 Å². The molecule has 0 aliphatic carbocycles. The maximum Gasteiger partial charge on any atom is 0.211 e. The van der Waals surface area contributed by atoms with Crippen LogP contribution >= 0.6 is 0 Å². The van der Waals surface area contributed by atoms with Crippen molar-refractivity contribution in [3.8, 4) is 11.3 Å². The summed E-state index contributed by atoms with van der Waals surface area (Å²) in [4.78, 5) is 15.1. The minimum atomic E-state index is -0.378. The number of rotatable bonds is 7. The standard InChI is InChI=1S/C21H26N6O2/c1-14(21-24-11-18(29-21)15-6-4-3-5-7-15)23-10-16-8-17(28)12-27(16)20-9-19(22-2)25-13-26-20/h3-7,9,11,13-14,16-17,23,28H,8,10,12H2,1-2H3,(H,22,25,26)/t14?,16-,17-/m1/s1. The molecule has 1 aliphatic heterocycles. The molecule has 152 valence electrons. The molecule has 0 bridgehead atoms. The zero-order valence-electron chi connectivity index (χ0n) is 16.6. The normalized spacial score (nSPS) is 20.0. The van der Waals surface area contributed by atoms with Crippen LogP contribution in [0.15, 0.2) is 53.3 Å². The maximum atomic E-state index is 10.2. The van der Waals surface area contributed by atoms with Crippen LogP contribution in [-0.2, 0) is 0 Å². The Morgan fingerprint density at radius 2 is 2.07 bits per heavy atom. The molecule has 1 unspecified atom stereocenters. The van der Waals surface area contributed by atoms with Gasteiger partial charge < -0.3 is 25.1 Å². The van der Waals surface area contributed by atoms with E-state index in [1.54, 1.807) is 6.20 Å². The van der Waals surface area contributed by atoms with Gasteiger partial charge in [-0.1, -0.05) is 30.3 Å². The number of hydrogen-bond donors (Lipinski definition) is 3. The molecule has 1 fully saturated rings. The molecule has 8 heteroatoms. The van der Waals surface area contributed by atoms with Crippen LogP contribution in [0.5, 0.6) is 0 Å². The minimum absolute atomic E-state index is 0.0506.